The zero-order chi connectivity index (χ0) is 24.9. The fourth-order valence-electron chi connectivity index (χ4n) is 4.82. The lowest BCUT2D eigenvalue weighted by atomic mass is 9.86. The standard InChI is InChI=1S/C29H26N2O4/c1-6-18-7-8-19-21(31-18)15-16(2)23(27(28(32)33)35-29(3,4)5)25(19)20-9-10-22-24-17(12-14-34-22)11-13-30-26(20)24/h1,7-11,13,15,27H,12,14H2,2-5H3,(H,32,33). The topological polar surface area (TPSA) is 81.5 Å². The van der Waals surface area contributed by atoms with Crippen LogP contribution in [0.25, 0.3) is 32.9 Å². The Balaban J connectivity index is 1.92. The molecule has 0 radical (unpaired) electrons. The van der Waals surface area contributed by atoms with Gasteiger partial charge in [-0.25, -0.2) is 9.78 Å². The molecular weight excluding hydrogens is 440 g/mol. The molecule has 5 rings (SSSR count). The van der Waals surface area contributed by atoms with Crippen LogP contribution in [-0.4, -0.2) is 33.3 Å². The molecule has 176 valence electrons. The Morgan fingerprint density at radius 1 is 1.23 bits per heavy atom. The maximum absolute atomic E-state index is 12.6. The molecule has 1 aliphatic heterocycles. The second-order valence-corrected chi connectivity index (χ2v) is 9.74. The van der Waals surface area contributed by atoms with E-state index in [0.717, 1.165) is 50.7 Å². The summed E-state index contributed by atoms with van der Waals surface area (Å²) >= 11 is 0. The quantitative estimate of drug-likeness (QED) is 0.394. The Morgan fingerprint density at radius 2 is 2.03 bits per heavy atom. The van der Waals surface area contributed by atoms with Crippen LogP contribution >= 0.6 is 0 Å². The number of pyridine rings is 2. The molecule has 1 atom stereocenters. The number of aliphatic carboxylic acids is 1. The summed E-state index contributed by atoms with van der Waals surface area (Å²) in [5.74, 6) is 2.31. The normalized spacial score (nSPS) is 13.9. The van der Waals surface area contributed by atoms with E-state index >= 15 is 0 Å². The molecular formula is C29H26N2O4. The lowest BCUT2D eigenvalue weighted by Gasteiger charge is -2.29. The van der Waals surface area contributed by atoms with E-state index in [0.29, 0.717) is 23.4 Å². The van der Waals surface area contributed by atoms with Crippen LogP contribution in [0.3, 0.4) is 0 Å². The summed E-state index contributed by atoms with van der Waals surface area (Å²) in [4.78, 5) is 21.9. The van der Waals surface area contributed by atoms with Crippen molar-refractivity contribution in [2.75, 3.05) is 6.61 Å². The van der Waals surface area contributed by atoms with Crippen LogP contribution in [0.15, 0.2) is 42.6 Å². The van der Waals surface area contributed by atoms with E-state index in [1.165, 1.54) is 0 Å². The lowest BCUT2D eigenvalue weighted by molar-refractivity contribution is -0.160. The number of benzene rings is 2. The van der Waals surface area contributed by atoms with Gasteiger partial charge in [-0.2, -0.15) is 0 Å². The average Bonchev–Trinajstić information content (AvgIpc) is 2.82. The van der Waals surface area contributed by atoms with Crippen molar-refractivity contribution in [1.82, 2.24) is 9.97 Å². The first-order valence-corrected chi connectivity index (χ1v) is 11.5. The Kier molecular flexibility index (Phi) is 5.46. The molecule has 35 heavy (non-hydrogen) atoms. The van der Waals surface area contributed by atoms with E-state index in [1.54, 1.807) is 12.3 Å². The maximum atomic E-state index is 12.6. The molecule has 1 unspecified atom stereocenters. The number of nitrogens with zero attached hydrogens (tertiary/aromatic N) is 2. The molecule has 3 heterocycles. The van der Waals surface area contributed by atoms with Gasteiger partial charge in [0.25, 0.3) is 0 Å². The molecule has 0 spiro atoms. The molecule has 0 amide bonds. The highest BCUT2D eigenvalue weighted by Crippen LogP contribution is 2.44. The molecule has 1 N–H and O–H groups in total. The van der Waals surface area contributed by atoms with Crippen LogP contribution < -0.4 is 4.74 Å². The zero-order valence-electron chi connectivity index (χ0n) is 20.2. The first-order chi connectivity index (χ1) is 16.7. The summed E-state index contributed by atoms with van der Waals surface area (Å²) in [6, 6.07) is 11.4. The number of hydrogen-bond donors (Lipinski definition) is 1. The monoisotopic (exact) mass is 466 g/mol. The van der Waals surface area contributed by atoms with Gasteiger partial charge in [0, 0.05) is 34.5 Å². The fraction of sp³-hybridized carbons (Fsp3) is 0.276. The summed E-state index contributed by atoms with van der Waals surface area (Å²) in [6.07, 6.45) is 7.00. The van der Waals surface area contributed by atoms with Crippen LogP contribution in [0.5, 0.6) is 5.75 Å². The summed E-state index contributed by atoms with van der Waals surface area (Å²) in [5, 5.41) is 12.0. The van der Waals surface area contributed by atoms with Crippen molar-refractivity contribution in [2.45, 2.75) is 45.8 Å². The van der Waals surface area contributed by atoms with E-state index in [9.17, 15) is 9.90 Å². The minimum atomic E-state index is -1.19. The number of hydrogen-bond acceptors (Lipinski definition) is 5. The maximum Gasteiger partial charge on any atom is 0.337 e. The fourth-order valence-corrected chi connectivity index (χ4v) is 4.82. The van der Waals surface area contributed by atoms with Crippen molar-refractivity contribution >= 4 is 27.8 Å². The molecule has 0 aliphatic carbocycles. The number of carbonyl (C=O) groups is 1. The number of rotatable bonds is 4. The van der Waals surface area contributed by atoms with Crippen LogP contribution in [0.4, 0.5) is 0 Å². The predicted octanol–water partition coefficient (Wildman–Crippen LogP) is 5.62. The summed E-state index contributed by atoms with van der Waals surface area (Å²) < 4.78 is 12.0. The second-order valence-electron chi connectivity index (χ2n) is 9.74. The van der Waals surface area contributed by atoms with Crippen LogP contribution in [0.1, 0.15) is 49.3 Å². The molecule has 4 aromatic rings. The van der Waals surface area contributed by atoms with Gasteiger partial charge < -0.3 is 14.6 Å². The summed E-state index contributed by atoms with van der Waals surface area (Å²) in [5.41, 5.74) is 5.30. The van der Waals surface area contributed by atoms with Crippen molar-refractivity contribution in [1.29, 1.82) is 0 Å². The molecule has 6 nitrogen and oxygen atoms in total. The second kappa shape index (κ2) is 8.37. The smallest absolute Gasteiger partial charge is 0.337 e. The van der Waals surface area contributed by atoms with Gasteiger partial charge in [-0.1, -0.05) is 5.92 Å². The number of terminal acetylenes is 1. The van der Waals surface area contributed by atoms with Gasteiger partial charge in [0.1, 0.15) is 11.4 Å². The lowest BCUT2D eigenvalue weighted by Crippen LogP contribution is -2.28. The molecule has 0 bridgehead atoms. The molecule has 2 aromatic carbocycles. The van der Waals surface area contributed by atoms with E-state index in [1.807, 2.05) is 58.0 Å². The SMILES string of the molecule is C#Cc1ccc2c(-c3ccc4c5c(ccnc35)CCO4)c(C(OC(C)(C)C)C(=O)O)c(C)cc2n1. The van der Waals surface area contributed by atoms with Crippen LogP contribution in [-0.2, 0) is 16.0 Å². The number of carboxylic acids is 1. The number of aromatic nitrogens is 2. The van der Waals surface area contributed by atoms with Gasteiger partial charge >= 0.3 is 5.97 Å². The third kappa shape index (κ3) is 3.98. The number of ether oxygens (including phenoxy) is 2. The van der Waals surface area contributed by atoms with Gasteiger partial charge in [-0.05, 0) is 80.8 Å². The van der Waals surface area contributed by atoms with Gasteiger partial charge in [-0.3, -0.25) is 4.98 Å². The van der Waals surface area contributed by atoms with Gasteiger partial charge in [0.05, 0.1) is 23.2 Å². The first-order valence-electron chi connectivity index (χ1n) is 11.5. The van der Waals surface area contributed by atoms with E-state index in [4.69, 9.17) is 20.9 Å². The van der Waals surface area contributed by atoms with Gasteiger partial charge in [0.15, 0.2) is 6.10 Å². The van der Waals surface area contributed by atoms with Crippen molar-refractivity contribution < 1.29 is 19.4 Å². The highest BCUT2D eigenvalue weighted by atomic mass is 16.5. The van der Waals surface area contributed by atoms with Gasteiger partial charge in [0.2, 0.25) is 0 Å². The largest absolute Gasteiger partial charge is 0.493 e. The Labute approximate surface area is 203 Å². The highest BCUT2D eigenvalue weighted by Gasteiger charge is 2.32. The number of aryl methyl sites for hydroxylation is 1. The minimum absolute atomic E-state index is 0.514. The van der Waals surface area contributed by atoms with Crippen LogP contribution in [0, 0.1) is 19.3 Å². The van der Waals surface area contributed by atoms with Crippen molar-refractivity contribution in [2.24, 2.45) is 0 Å². The van der Waals surface area contributed by atoms with Crippen molar-refractivity contribution in [3.05, 3.63) is 65.0 Å². The average molecular weight is 467 g/mol. The Bertz CT molecular complexity index is 1530. The predicted molar refractivity (Wildman–Crippen MR) is 136 cm³/mol. The molecule has 0 saturated carbocycles. The van der Waals surface area contributed by atoms with Gasteiger partial charge in [-0.15, -0.1) is 6.42 Å². The third-order valence-corrected chi connectivity index (χ3v) is 6.19. The number of fused-ring (bicyclic) bond motifs is 1. The first kappa shape index (κ1) is 22.8. The van der Waals surface area contributed by atoms with Crippen molar-refractivity contribution in [3.63, 3.8) is 0 Å². The van der Waals surface area contributed by atoms with Crippen LogP contribution in [0.2, 0.25) is 0 Å². The molecule has 0 fully saturated rings. The Morgan fingerprint density at radius 3 is 2.74 bits per heavy atom. The Hall–Kier alpha value is -3.95. The summed E-state index contributed by atoms with van der Waals surface area (Å²) in [7, 11) is 0. The van der Waals surface area contributed by atoms with E-state index in [-0.39, 0.29) is 0 Å². The third-order valence-electron chi connectivity index (χ3n) is 6.19. The number of carboxylic acid groups (broad SMARTS) is 1. The molecule has 2 aromatic heterocycles. The zero-order valence-corrected chi connectivity index (χ0v) is 20.2. The van der Waals surface area contributed by atoms with E-state index < -0.39 is 17.7 Å². The molecule has 6 heteroatoms. The highest BCUT2D eigenvalue weighted by molar-refractivity contribution is 6.08. The molecule has 1 aliphatic rings. The molecule has 0 saturated heterocycles. The summed E-state index contributed by atoms with van der Waals surface area (Å²) in [6.45, 7) is 8.04. The van der Waals surface area contributed by atoms with Crippen molar-refractivity contribution in [3.8, 4) is 29.2 Å². The minimum Gasteiger partial charge on any atom is -0.493 e. The van der Waals surface area contributed by atoms with E-state index in [2.05, 4.69) is 10.9 Å².